The van der Waals surface area contributed by atoms with Gasteiger partial charge in [-0.25, -0.2) is 0 Å². The van der Waals surface area contributed by atoms with E-state index in [1.165, 1.54) is 37.1 Å². The van der Waals surface area contributed by atoms with Crippen molar-refractivity contribution in [1.82, 2.24) is 4.90 Å². The van der Waals surface area contributed by atoms with Gasteiger partial charge in [-0.05, 0) is 48.5 Å². The quantitative estimate of drug-likeness (QED) is 0.932. The second kappa shape index (κ2) is 5.86. The Morgan fingerprint density at radius 3 is 2.09 bits per heavy atom. The summed E-state index contributed by atoms with van der Waals surface area (Å²) in [4.78, 5) is 2.51. The average Bonchev–Trinajstić information content (AvgIpc) is 2.63. The molecule has 3 saturated heterocycles. The van der Waals surface area contributed by atoms with Crippen LogP contribution in [0.15, 0.2) is 54.6 Å². The molecule has 0 saturated carbocycles. The molecular weight excluding hydrogens is 270 g/mol. The zero-order valence-electron chi connectivity index (χ0n) is 12.9. The first-order valence-corrected chi connectivity index (χ1v) is 8.37. The van der Waals surface area contributed by atoms with Gasteiger partial charge in [-0.3, -0.25) is 0 Å². The number of benzene rings is 2. The molecule has 2 bridgehead atoms. The summed E-state index contributed by atoms with van der Waals surface area (Å²) in [6.07, 6.45) is 2.19. The Bertz CT molecular complexity index is 614. The predicted molar refractivity (Wildman–Crippen MR) is 89.5 cm³/mol. The second-order valence-corrected chi connectivity index (χ2v) is 6.73. The van der Waals surface area contributed by atoms with Crippen LogP contribution in [0.5, 0.6) is 0 Å². The van der Waals surface area contributed by atoms with Crippen LogP contribution in [-0.2, 0) is 0 Å². The van der Waals surface area contributed by atoms with Crippen molar-refractivity contribution < 1.29 is 5.11 Å². The molecule has 3 fully saturated rings. The topological polar surface area (TPSA) is 23.5 Å². The summed E-state index contributed by atoms with van der Waals surface area (Å²) in [6.45, 7) is 3.51. The van der Waals surface area contributed by atoms with E-state index in [0.717, 1.165) is 12.1 Å². The molecule has 2 atom stereocenters. The summed E-state index contributed by atoms with van der Waals surface area (Å²) in [5, 5.41) is 10.8. The number of aliphatic hydroxyl groups excluding tert-OH is 1. The van der Waals surface area contributed by atoms with Crippen LogP contribution in [0.2, 0.25) is 0 Å². The molecule has 114 valence electrons. The standard InChI is InChI=1S/C20H23NO/c22-20(19-14-21-12-10-17(19)11-13-21)18-8-6-16(7-9-18)15-4-2-1-3-5-15/h1-9,17,19-20,22H,10-14H2/t19-,20-/m1/s1. The van der Waals surface area contributed by atoms with Crippen LogP contribution >= 0.6 is 0 Å². The van der Waals surface area contributed by atoms with Crippen LogP contribution in [0.25, 0.3) is 11.1 Å². The number of hydrogen-bond acceptors (Lipinski definition) is 2. The van der Waals surface area contributed by atoms with Gasteiger partial charge in [0.05, 0.1) is 6.10 Å². The van der Waals surface area contributed by atoms with Crippen LogP contribution in [0, 0.1) is 11.8 Å². The van der Waals surface area contributed by atoms with Gasteiger partial charge in [-0.1, -0.05) is 54.6 Å². The van der Waals surface area contributed by atoms with Crippen molar-refractivity contribution >= 4 is 0 Å². The fraction of sp³-hybridized carbons (Fsp3) is 0.400. The zero-order chi connectivity index (χ0) is 14.9. The molecule has 0 amide bonds. The number of piperidine rings is 3. The first-order chi connectivity index (χ1) is 10.8. The second-order valence-electron chi connectivity index (χ2n) is 6.73. The SMILES string of the molecule is O[C@H](c1ccc(-c2ccccc2)cc1)[C@@H]1CN2CCC1CC2. The van der Waals surface area contributed by atoms with E-state index in [-0.39, 0.29) is 6.10 Å². The van der Waals surface area contributed by atoms with E-state index in [1.54, 1.807) is 0 Å². The molecule has 2 heteroatoms. The van der Waals surface area contributed by atoms with Crippen molar-refractivity contribution in [3.8, 4) is 11.1 Å². The van der Waals surface area contributed by atoms with Crippen molar-refractivity contribution in [3.63, 3.8) is 0 Å². The maximum Gasteiger partial charge on any atom is 0.0833 e. The van der Waals surface area contributed by atoms with Crippen molar-refractivity contribution in [2.75, 3.05) is 19.6 Å². The number of aliphatic hydroxyl groups is 1. The number of nitrogens with zero attached hydrogens (tertiary/aromatic N) is 1. The lowest BCUT2D eigenvalue weighted by Crippen LogP contribution is -2.49. The minimum atomic E-state index is -0.321. The maximum atomic E-state index is 10.8. The van der Waals surface area contributed by atoms with Crippen LogP contribution < -0.4 is 0 Å². The van der Waals surface area contributed by atoms with Gasteiger partial charge in [0.1, 0.15) is 0 Å². The molecule has 3 heterocycles. The number of hydrogen-bond donors (Lipinski definition) is 1. The van der Waals surface area contributed by atoms with Crippen molar-refractivity contribution in [1.29, 1.82) is 0 Å². The summed E-state index contributed by atoms with van der Waals surface area (Å²) < 4.78 is 0. The van der Waals surface area contributed by atoms with Gasteiger partial charge in [0.2, 0.25) is 0 Å². The summed E-state index contributed by atoms with van der Waals surface area (Å²) in [5.74, 6) is 1.11. The summed E-state index contributed by atoms with van der Waals surface area (Å²) in [6, 6.07) is 18.9. The highest BCUT2D eigenvalue weighted by Gasteiger charge is 2.38. The van der Waals surface area contributed by atoms with E-state index < -0.39 is 0 Å². The molecule has 2 nitrogen and oxygen atoms in total. The summed E-state index contributed by atoms with van der Waals surface area (Å²) in [5.41, 5.74) is 3.51. The van der Waals surface area contributed by atoms with E-state index in [2.05, 4.69) is 53.4 Å². The Morgan fingerprint density at radius 1 is 0.864 bits per heavy atom. The first-order valence-electron chi connectivity index (χ1n) is 8.37. The van der Waals surface area contributed by atoms with Gasteiger partial charge in [0.25, 0.3) is 0 Å². The monoisotopic (exact) mass is 293 g/mol. The van der Waals surface area contributed by atoms with Crippen LogP contribution in [0.1, 0.15) is 24.5 Å². The Balaban J connectivity index is 1.53. The van der Waals surface area contributed by atoms with E-state index in [0.29, 0.717) is 11.8 Å². The molecule has 3 aliphatic heterocycles. The molecule has 0 spiro atoms. The molecular formula is C20H23NO. The van der Waals surface area contributed by atoms with Gasteiger partial charge in [-0.15, -0.1) is 0 Å². The molecule has 5 rings (SSSR count). The smallest absolute Gasteiger partial charge is 0.0833 e. The highest BCUT2D eigenvalue weighted by atomic mass is 16.3. The van der Waals surface area contributed by atoms with Crippen molar-refractivity contribution in [2.24, 2.45) is 11.8 Å². The molecule has 2 aromatic carbocycles. The lowest BCUT2D eigenvalue weighted by Gasteiger charge is -2.46. The Labute approximate surface area is 132 Å². The fourth-order valence-electron chi connectivity index (χ4n) is 4.12. The third kappa shape index (κ3) is 2.57. The predicted octanol–water partition coefficient (Wildman–Crippen LogP) is 3.73. The third-order valence-corrected chi connectivity index (χ3v) is 5.47. The maximum absolute atomic E-state index is 10.8. The minimum Gasteiger partial charge on any atom is -0.388 e. The van der Waals surface area contributed by atoms with E-state index in [1.807, 2.05) is 6.07 Å². The van der Waals surface area contributed by atoms with E-state index >= 15 is 0 Å². The number of fused-ring (bicyclic) bond motifs is 3. The molecule has 0 aliphatic carbocycles. The van der Waals surface area contributed by atoms with Gasteiger partial charge in [-0.2, -0.15) is 0 Å². The molecule has 0 aromatic heterocycles. The normalized spacial score (nSPS) is 28.5. The van der Waals surface area contributed by atoms with Crippen LogP contribution in [-0.4, -0.2) is 29.6 Å². The first kappa shape index (κ1) is 14.0. The van der Waals surface area contributed by atoms with Gasteiger partial charge >= 0.3 is 0 Å². The number of rotatable bonds is 3. The molecule has 0 unspecified atom stereocenters. The minimum absolute atomic E-state index is 0.321. The fourth-order valence-corrected chi connectivity index (χ4v) is 4.12. The molecule has 1 N–H and O–H groups in total. The molecule has 3 aliphatic rings. The zero-order valence-corrected chi connectivity index (χ0v) is 12.9. The average molecular weight is 293 g/mol. The highest BCUT2D eigenvalue weighted by Crippen LogP contribution is 2.39. The van der Waals surface area contributed by atoms with Gasteiger partial charge < -0.3 is 10.0 Å². The van der Waals surface area contributed by atoms with Gasteiger partial charge in [0, 0.05) is 12.5 Å². The summed E-state index contributed by atoms with van der Waals surface area (Å²) >= 11 is 0. The van der Waals surface area contributed by atoms with Crippen molar-refractivity contribution in [2.45, 2.75) is 18.9 Å². The van der Waals surface area contributed by atoms with Crippen LogP contribution in [0.4, 0.5) is 0 Å². The van der Waals surface area contributed by atoms with Crippen molar-refractivity contribution in [3.05, 3.63) is 60.2 Å². The molecule has 2 aromatic rings. The van der Waals surface area contributed by atoms with E-state index in [9.17, 15) is 5.11 Å². The Hall–Kier alpha value is -1.64. The lowest BCUT2D eigenvalue weighted by molar-refractivity contribution is -0.0263. The third-order valence-electron chi connectivity index (χ3n) is 5.47. The van der Waals surface area contributed by atoms with Crippen LogP contribution in [0.3, 0.4) is 0 Å². The van der Waals surface area contributed by atoms with E-state index in [4.69, 9.17) is 0 Å². The van der Waals surface area contributed by atoms with Gasteiger partial charge in [0.15, 0.2) is 0 Å². The largest absolute Gasteiger partial charge is 0.388 e. The summed E-state index contributed by atoms with van der Waals surface area (Å²) in [7, 11) is 0. The molecule has 22 heavy (non-hydrogen) atoms. The Kier molecular flexibility index (Phi) is 3.73. The lowest BCUT2D eigenvalue weighted by atomic mass is 9.74. The molecule has 0 radical (unpaired) electrons. The highest BCUT2D eigenvalue weighted by molar-refractivity contribution is 5.63. The Morgan fingerprint density at radius 2 is 1.50 bits per heavy atom.